The molecule has 3 rings (SSSR count). The summed E-state index contributed by atoms with van der Waals surface area (Å²) in [6.45, 7) is 7.39. The number of nitrogens with two attached hydrogens (primary N) is 1. The molecule has 1 amide bonds. The molecule has 5 heteroatoms. The largest absolute Gasteiger partial charge is 0.402 e. The molecule has 1 atom stereocenters. The molecule has 0 fully saturated rings. The third-order valence-electron chi connectivity index (χ3n) is 4.66. The van der Waals surface area contributed by atoms with Gasteiger partial charge in [0.2, 0.25) is 5.91 Å². The number of carbonyl (C=O) groups is 1. The Hall–Kier alpha value is -3.86. The van der Waals surface area contributed by atoms with Crippen molar-refractivity contribution < 1.29 is 4.79 Å². The first-order valence-corrected chi connectivity index (χ1v) is 10.2. The Labute approximate surface area is 183 Å². The van der Waals surface area contributed by atoms with E-state index in [0.717, 1.165) is 34.8 Å². The number of carbonyl (C=O) groups excluding carboxylic acids is 1. The van der Waals surface area contributed by atoms with E-state index in [0.29, 0.717) is 5.69 Å². The van der Waals surface area contributed by atoms with E-state index >= 15 is 0 Å². The predicted octanol–water partition coefficient (Wildman–Crippen LogP) is 5.13. The van der Waals surface area contributed by atoms with Gasteiger partial charge in [-0.3, -0.25) is 4.79 Å². The van der Waals surface area contributed by atoms with Crippen LogP contribution in [0.3, 0.4) is 0 Å². The standard InChI is InChI=1S/C26H28N4O/c1-4-26(31)29-23-12-10-22(11-13-23)24-16-21(15-20-8-6-5-7-9-20)17-25(30-24)28-19(3)14-18(2)27/h4-14,16-17,19H,1,15,27H2,2-3H3,(H,28,30)(H,29,31)/b18-14-. The van der Waals surface area contributed by atoms with E-state index in [4.69, 9.17) is 10.7 Å². The van der Waals surface area contributed by atoms with Crippen molar-refractivity contribution in [3.8, 4) is 11.3 Å². The Morgan fingerprint density at radius 2 is 1.81 bits per heavy atom. The molecule has 0 radical (unpaired) electrons. The Balaban J connectivity index is 1.92. The summed E-state index contributed by atoms with van der Waals surface area (Å²) >= 11 is 0. The van der Waals surface area contributed by atoms with Gasteiger partial charge in [-0.1, -0.05) is 49.0 Å². The van der Waals surface area contributed by atoms with E-state index < -0.39 is 0 Å². The number of hydrogen-bond donors (Lipinski definition) is 3. The smallest absolute Gasteiger partial charge is 0.247 e. The number of pyridine rings is 1. The van der Waals surface area contributed by atoms with Gasteiger partial charge in [-0.2, -0.15) is 0 Å². The highest BCUT2D eigenvalue weighted by Crippen LogP contribution is 2.25. The third kappa shape index (κ3) is 6.57. The van der Waals surface area contributed by atoms with Gasteiger partial charge in [0.15, 0.2) is 0 Å². The SMILES string of the molecule is C=CC(=O)Nc1ccc(-c2cc(Cc3ccccc3)cc(NC(C)/C=C(/C)N)n2)cc1. The van der Waals surface area contributed by atoms with Crippen LogP contribution in [0.25, 0.3) is 11.3 Å². The van der Waals surface area contributed by atoms with Crippen molar-refractivity contribution in [3.63, 3.8) is 0 Å². The number of aromatic nitrogens is 1. The van der Waals surface area contributed by atoms with Crippen LogP contribution in [0.5, 0.6) is 0 Å². The quantitative estimate of drug-likeness (QED) is 0.448. The average molecular weight is 413 g/mol. The molecule has 0 saturated heterocycles. The van der Waals surface area contributed by atoms with Crippen LogP contribution in [0.15, 0.2) is 91.2 Å². The Bertz CT molecular complexity index is 1070. The van der Waals surface area contributed by atoms with E-state index in [2.05, 4.69) is 41.5 Å². The van der Waals surface area contributed by atoms with Crippen molar-refractivity contribution in [1.82, 2.24) is 4.98 Å². The molecule has 1 aromatic heterocycles. The molecule has 31 heavy (non-hydrogen) atoms. The zero-order valence-corrected chi connectivity index (χ0v) is 17.9. The molecule has 0 spiro atoms. The topological polar surface area (TPSA) is 80.0 Å². The minimum Gasteiger partial charge on any atom is -0.402 e. The molecule has 0 aliphatic carbocycles. The third-order valence-corrected chi connectivity index (χ3v) is 4.66. The molecule has 3 aromatic rings. The summed E-state index contributed by atoms with van der Waals surface area (Å²) < 4.78 is 0. The van der Waals surface area contributed by atoms with Crippen molar-refractivity contribution in [2.24, 2.45) is 5.73 Å². The summed E-state index contributed by atoms with van der Waals surface area (Å²) in [6.07, 6.45) is 4.01. The molecule has 0 aliphatic rings. The monoisotopic (exact) mass is 412 g/mol. The lowest BCUT2D eigenvalue weighted by molar-refractivity contribution is -0.111. The van der Waals surface area contributed by atoms with Crippen molar-refractivity contribution in [3.05, 3.63) is 102 Å². The predicted molar refractivity (Wildman–Crippen MR) is 129 cm³/mol. The average Bonchev–Trinajstić information content (AvgIpc) is 2.74. The molecule has 0 aliphatic heterocycles. The van der Waals surface area contributed by atoms with Crippen molar-refractivity contribution in [2.45, 2.75) is 26.3 Å². The highest BCUT2D eigenvalue weighted by Gasteiger charge is 2.09. The summed E-state index contributed by atoms with van der Waals surface area (Å²) in [5.41, 5.74) is 11.5. The summed E-state index contributed by atoms with van der Waals surface area (Å²) in [5, 5.41) is 6.18. The molecule has 0 bridgehead atoms. The fourth-order valence-corrected chi connectivity index (χ4v) is 3.33. The highest BCUT2D eigenvalue weighted by molar-refractivity contribution is 5.98. The van der Waals surface area contributed by atoms with Gasteiger partial charge in [-0.25, -0.2) is 4.98 Å². The summed E-state index contributed by atoms with van der Waals surface area (Å²) in [4.78, 5) is 16.3. The minimum absolute atomic E-state index is 0.0498. The number of amides is 1. The zero-order valence-electron chi connectivity index (χ0n) is 17.9. The van der Waals surface area contributed by atoms with Crippen LogP contribution in [-0.2, 0) is 11.2 Å². The number of rotatable bonds is 8. The number of benzene rings is 2. The maximum atomic E-state index is 11.5. The van der Waals surface area contributed by atoms with Gasteiger partial charge in [0, 0.05) is 23.0 Å². The first-order chi connectivity index (χ1) is 14.9. The highest BCUT2D eigenvalue weighted by atomic mass is 16.1. The first-order valence-electron chi connectivity index (χ1n) is 10.2. The lowest BCUT2D eigenvalue weighted by atomic mass is 10.0. The number of anilines is 2. The van der Waals surface area contributed by atoms with Crippen LogP contribution in [0.1, 0.15) is 25.0 Å². The van der Waals surface area contributed by atoms with E-state index in [-0.39, 0.29) is 11.9 Å². The fourth-order valence-electron chi connectivity index (χ4n) is 3.33. The number of nitrogens with one attached hydrogen (secondary N) is 2. The molecule has 0 saturated carbocycles. The maximum Gasteiger partial charge on any atom is 0.247 e. The van der Waals surface area contributed by atoms with Crippen molar-refractivity contribution in [2.75, 3.05) is 10.6 Å². The van der Waals surface area contributed by atoms with Crippen molar-refractivity contribution >= 4 is 17.4 Å². The van der Waals surface area contributed by atoms with E-state index in [1.807, 2.05) is 62.4 Å². The normalized spacial score (nSPS) is 12.1. The van der Waals surface area contributed by atoms with E-state index in [1.54, 1.807) is 0 Å². The summed E-state index contributed by atoms with van der Waals surface area (Å²) in [7, 11) is 0. The summed E-state index contributed by atoms with van der Waals surface area (Å²) in [6, 6.07) is 22.2. The Kier molecular flexibility index (Phi) is 7.22. The molecule has 5 nitrogen and oxygen atoms in total. The van der Waals surface area contributed by atoms with Crippen LogP contribution >= 0.6 is 0 Å². The number of nitrogens with zero attached hydrogens (tertiary/aromatic N) is 1. The second-order valence-electron chi connectivity index (χ2n) is 7.52. The van der Waals surface area contributed by atoms with E-state index in [9.17, 15) is 4.79 Å². The second-order valence-corrected chi connectivity index (χ2v) is 7.52. The van der Waals surface area contributed by atoms with Crippen LogP contribution in [0.2, 0.25) is 0 Å². The van der Waals surface area contributed by atoms with Crippen LogP contribution in [0.4, 0.5) is 11.5 Å². The van der Waals surface area contributed by atoms with E-state index in [1.165, 1.54) is 11.6 Å². The molecule has 158 valence electrons. The number of allylic oxidation sites excluding steroid dienone is 1. The molecule has 1 heterocycles. The van der Waals surface area contributed by atoms with Gasteiger partial charge in [-0.15, -0.1) is 0 Å². The minimum atomic E-state index is -0.237. The van der Waals surface area contributed by atoms with Gasteiger partial charge in [0.05, 0.1) is 5.69 Å². The van der Waals surface area contributed by atoms with Crippen LogP contribution in [-0.4, -0.2) is 16.9 Å². The maximum absolute atomic E-state index is 11.5. The Morgan fingerprint density at radius 1 is 1.10 bits per heavy atom. The molecule has 2 aromatic carbocycles. The van der Waals surface area contributed by atoms with Gasteiger partial charge < -0.3 is 16.4 Å². The zero-order chi connectivity index (χ0) is 22.2. The first kappa shape index (κ1) is 21.8. The lowest BCUT2D eigenvalue weighted by Crippen LogP contribution is -2.15. The number of hydrogen-bond acceptors (Lipinski definition) is 4. The van der Waals surface area contributed by atoms with Crippen LogP contribution in [0, 0.1) is 0 Å². The van der Waals surface area contributed by atoms with Gasteiger partial charge >= 0.3 is 0 Å². The molecule has 1 unspecified atom stereocenters. The second kappa shape index (κ2) is 10.3. The Morgan fingerprint density at radius 3 is 2.45 bits per heavy atom. The van der Waals surface area contributed by atoms with Crippen LogP contribution < -0.4 is 16.4 Å². The molecular formula is C26H28N4O. The fraction of sp³-hybridized carbons (Fsp3) is 0.154. The van der Waals surface area contributed by atoms with Gasteiger partial charge in [-0.05, 0) is 67.8 Å². The summed E-state index contributed by atoms with van der Waals surface area (Å²) in [5.74, 6) is 0.553. The molecule has 4 N–H and O–H groups in total. The van der Waals surface area contributed by atoms with Crippen molar-refractivity contribution in [1.29, 1.82) is 0 Å². The van der Waals surface area contributed by atoms with Gasteiger partial charge in [0.25, 0.3) is 0 Å². The lowest BCUT2D eigenvalue weighted by Gasteiger charge is -2.15. The molecular weight excluding hydrogens is 384 g/mol. The van der Waals surface area contributed by atoms with Gasteiger partial charge in [0.1, 0.15) is 5.82 Å².